The van der Waals surface area contributed by atoms with Crippen LogP contribution in [0.2, 0.25) is 0 Å². The van der Waals surface area contributed by atoms with E-state index in [1.165, 1.54) is 16.9 Å². The molecule has 2 aromatic rings. The Bertz CT molecular complexity index is 624. The number of benzene rings is 1. The summed E-state index contributed by atoms with van der Waals surface area (Å²) in [4.78, 5) is 11.8. The fourth-order valence-electron chi connectivity index (χ4n) is 1.61. The summed E-state index contributed by atoms with van der Waals surface area (Å²) in [6.45, 7) is -0.0685. The van der Waals surface area contributed by atoms with Gasteiger partial charge in [-0.05, 0) is 6.07 Å². The van der Waals surface area contributed by atoms with Gasteiger partial charge in [-0.3, -0.25) is 9.48 Å². The summed E-state index contributed by atoms with van der Waals surface area (Å²) in [5, 5.41) is 6.36. The van der Waals surface area contributed by atoms with Gasteiger partial charge in [0.05, 0.1) is 5.69 Å². The van der Waals surface area contributed by atoms with Gasteiger partial charge in [-0.1, -0.05) is 6.07 Å². The van der Waals surface area contributed by atoms with Crippen molar-refractivity contribution in [1.82, 2.24) is 15.1 Å². The Hall–Kier alpha value is -2.44. The Morgan fingerprint density at radius 3 is 2.79 bits per heavy atom. The number of halogens is 2. The van der Waals surface area contributed by atoms with Gasteiger partial charge in [-0.2, -0.15) is 5.10 Å². The maximum absolute atomic E-state index is 13.4. The van der Waals surface area contributed by atoms with Gasteiger partial charge in [-0.15, -0.1) is 0 Å². The van der Waals surface area contributed by atoms with Gasteiger partial charge < -0.3 is 11.1 Å². The van der Waals surface area contributed by atoms with E-state index in [2.05, 4.69) is 10.4 Å². The lowest BCUT2D eigenvalue weighted by molar-refractivity contribution is 0.0946. The quantitative estimate of drug-likeness (QED) is 0.877. The Morgan fingerprint density at radius 2 is 2.21 bits per heavy atom. The number of hydrogen-bond donors (Lipinski definition) is 2. The molecule has 0 spiro atoms. The topological polar surface area (TPSA) is 72.9 Å². The van der Waals surface area contributed by atoms with Crippen molar-refractivity contribution in [3.05, 3.63) is 47.3 Å². The summed E-state index contributed by atoms with van der Waals surface area (Å²) in [5.74, 6) is -1.89. The molecule has 0 fully saturated rings. The number of aromatic nitrogens is 2. The van der Waals surface area contributed by atoms with Crippen molar-refractivity contribution >= 4 is 11.6 Å². The van der Waals surface area contributed by atoms with E-state index in [4.69, 9.17) is 5.73 Å². The highest BCUT2D eigenvalue weighted by molar-refractivity contribution is 5.96. The minimum absolute atomic E-state index is 0.0685. The number of nitrogens with two attached hydrogens (primary N) is 1. The lowest BCUT2D eigenvalue weighted by Gasteiger charge is -2.05. The molecule has 0 aliphatic heterocycles. The van der Waals surface area contributed by atoms with Crippen LogP contribution in [0, 0.1) is 11.6 Å². The molecular weight excluding hydrogens is 254 g/mol. The smallest absolute Gasteiger partial charge is 0.274 e. The number of hydrogen-bond acceptors (Lipinski definition) is 3. The van der Waals surface area contributed by atoms with Crippen molar-refractivity contribution in [1.29, 1.82) is 0 Å². The molecule has 0 aliphatic rings. The second kappa shape index (κ2) is 5.05. The van der Waals surface area contributed by atoms with Crippen LogP contribution >= 0.6 is 0 Å². The fourth-order valence-corrected chi connectivity index (χ4v) is 1.61. The number of nitrogens with one attached hydrogen (secondary N) is 1. The number of rotatable bonds is 3. The van der Waals surface area contributed by atoms with Gasteiger partial charge in [0.1, 0.15) is 11.6 Å². The molecule has 0 saturated carbocycles. The molecule has 100 valence electrons. The minimum Gasteiger partial charge on any atom is -0.396 e. The maximum Gasteiger partial charge on any atom is 0.274 e. The van der Waals surface area contributed by atoms with Crippen LogP contribution in [0.25, 0.3) is 0 Å². The van der Waals surface area contributed by atoms with Gasteiger partial charge in [0.15, 0.2) is 5.69 Å². The molecule has 1 aromatic heterocycles. The van der Waals surface area contributed by atoms with Crippen LogP contribution in [0.5, 0.6) is 0 Å². The van der Waals surface area contributed by atoms with Crippen molar-refractivity contribution in [3.63, 3.8) is 0 Å². The number of carbonyl (C=O) groups is 1. The highest BCUT2D eigenvalue weighted by Gasteiger charge is 2.14. The van der Waals surface area contributed by atoms with Crippen LogP contribution in [-0.4, -0.2) is 15.7 Å². The SMILES string of the molecule is Cn1cc(N)c(C(=O)NCc2ccc(F)cc2F)n1. The van der Waals surface area contributed by atoms with Crippen molar-refractivity contribution in [2.45, 2.75) is 6.54 Å². The second-order valence-corrected chi connectivity index (χ2v) is 4.03. The van der Waals surface area contributed by atoms with E-state index in [1.807, 2.05) is 0 Å². The van der Waals surface area contributed by atoms with Gasteiger partial charge in [-0.25, -0.2) is 8.78 Å². The predicted molar refractivity (Wildman–Crippen MR) is 65.1 cm³/mol. The zero-order valence-electron chi connectivity index (χ0n) is 10.2. The van der Waals surface area contributed by atoms with Gasteiger partial charge >= 0.3 is 0 Å². The number of anilines is 1. The normalized spacial score (nSPS) is 10.5. The molecular formula is C12H12F2N4O. The number of aryl methyl sites for hydroxylation is 1. The summed E-state index contributed by atoms with van der Waals surface area (Å²) in [7, 11) is 1.63. The summed E-state index contributed by atoms with van der Waals surface area (Å²) in [6, 6.07) is 3.16. The highest BCUT2D eigenvalue weighted by Crippen LogP contribution is 2.11. The van der Waals surface area contributed by atoms with Crippen LogP contribution in [0.4, 0.5) is 14.5 Å². The zero-order chi connectivity index (χ0) is 14.0. The van der Waals surface area contributed by atoms with Gasteiger partial charge in [0.2, 0.25) is 0 Å². The van der Waals surface area contributed by atoms with Crippen molar-refractivity contribution in [2.24, 2.45) is 7.05 Å². The van der Waals surface area contributed by atoms with Crippen LogP contribution < -0.4 is 11.1 Å². The molecule has 0 radical (unpaired) electrons. The van der Waals surface area contributed by atoms with E-state index < -0.39 is 17.5 Å². The molecule has 0 unspecified atom stereocenters. The molecule has 1 amide bonds. The van der Waals surface area contributed by atoms with Crippen LogP contribution in [-0.2, 0) is 13.6 Å². The van der Waals surface area contributed by atoms with E-state index in [-0.39, 0.29) is 23.5 Å². The van der Waals surface area contributed by atoms with E-state index in [0.717, 1.165) is 12.1 Å². The first-order valence-corrected chi connectivity index (χ1v) is 5.48. The summed E-state index contributed by atoms with van der Waals surface area (Å²) >= 11 is 0. The third-order valence-electron chi connectivity index (χ3n) is 2.53. The Labute approximate surface area is 108 Å². The first kappa shape index (κ1) is 13.0. The molecule has 0 saturated heterocycles. The van der Waals surface area contributed by atoms with Crippen molar-refractivity contribution < 1.29 is 13.6 Å². The molecule has 5 nitrogen and oxygen atoms in total. The molecule has 19 heavy (non-hydrogen) atoms. The zero-order valence-corrected chi connectivity index (χ0v) is 10.2. The molecule has 1 heterocycles. The number of nitrogen functional groups attached to an aromatic ring is 1. The summed E-state index contributed by atoms with van der Waals surface area (Å²) < 4.78 is 27.5. The van der Waals surface area contributed by atoms with E-state index >= 15 is 0 Å². The molecule has 2 rings (SSSR count). The van der Waals surface area contributed by atoms with Gasteiger partial charge in [0.25, 0.3) is 5.91 Å². The molecule has 0 bridgehead atoms. The fraction of sp³-hybridized carbons (Fsp3) is 0.167. The standard InChI is InChI=1S/C12H12F2N4O/c1-18-6-10(15)11(17-18)12(19)16-5-7-2-3-8(13)4-9(7)14/h2-4,6H,5,15H2,1H3,(H,16,19). The summed E-state index contributed by atoms with van der Waals surface area (Å²) in [6.07, 6.45) is 1.49. The van der Waals surface area contributed by atoms with Gasteiger partial charge in [0, 0.05) is 31.4 Å². The van der Waals surface area contributed by atoms with E-state index in [0.29, 0.717) is 0 Å². The largest absolute Gasteiger partial charge is 0.396 e. The average molecular weight is 266 g/mol. The first-order chi connectivity index (χ1) is 8.97. The molecule has 3 N–H and O–H groups in total. The second-order valence-electron chi connectivity index (χ2n) is 4.03. The van der Waals surface area contributed by atoms with Crippen LogP contribution in [0.15, 0.2) is 24.4 Å². The Balaban J connectivity index is 2.06. The lowest BCUT2D eigenvalue weighted by Crippen LogP contribution is -2.24. The third kappa shape index (κ3) is 2.87. The monoisotopic (exact) mass is 266 g/mol. The maximum atomic E-state index is 13.4. The minimum atomic E-state index is -0.714. The molecule has 0 atom stereocenters. The number of amides is 1. The molecule has 7 heteroatoms. The Morgan fingerprint density at radius 1 is 1.47 bits per heavy atom. The molecule has 1 aromatic carbocycles. The van der Waals surface area contributed by atoms with Crippen molar-refractivity contribution in [2.75, 3.05) is 5.73 Å². The Kier molecular flexibility index (Phi) is 3.46. The van der Waals surface area contributed by atoms with E-state index in [1.54, 1.807) is 7.05 Å². The average Bonchev–Trinajstić information content (AvgIpc) is 2.67. The predicted octanol–water partition coefficient (Wildman–Crippen LogP) is 1.21. The number of nitrogens with zero attached hydrogens (tertiary/aromatic N) is 2. The lowest BCUT2D eigenvalue weighted by atomic mass is 10.2. The highest BCUT2D eigenvalue weighted by atomic mass is 19.1. The first-order valence-electron chi connectivity index (χ1n) is 5.48. The van der Waals surface area contributed by atoms with E-state index in [9.17, 15) is 13.6 Å². The van der Waals surface area contributed by atoms with Crippen LogP contribution in [0.1, 0.15) is 16.1 Å². The molecule has 0 aliphatic carbocycles. The van der Waals surface area contributed by atoms with Crippen LogP contribution in [0.3, 0.4) is 0 Å². The number of carbonyl (C=O) groups excluding carboxylic acids is 1. The van der Waals surface area contributed by atoms with Crippen molar-refractivity contribution in [3.8, 4) is 0 Å². The third-order valence-corrected chi connectivity index (χ3v) is 2.53. The summed E-state index contributed by atoms with van der Waals surface area (Å²) in [5.41, 5.74) is 6.09.